The number of likely N-dealkylation sites (tertiary alicyclic amines) is 1. The molecule has 1 aliphatic rings. The van der Waals surface area contributed by atoms with Crippen LogP contribution in [0.25, 0.3) is 0 Å². The van der Waals surface area contributed by atoms with E-state index in [-0.39, 0.29) is 17.8 Å². The van der Waals surface area contributed by atoms with Crippen molar-refractivity contribution in [2.75, 3.05) is 18.4 Å². The molecule has 1 saturated heterocycles. The maximum absolute atomic E-state index is 12.5. The zero-order chi connectivity index (χ0) is 17.1. The molecule has 24 heavy (non-hydrogen) atoms. The van der Waals surface area contributed by atoms with Gasteiger partial charge < -0.3 is 20.5 Å². The first-order valence-electron chi connectivity index (χ1n) is 7.84. The normalized spacial score (nSPS) is 20.6. The summed E-state index contributed by atoms with van der Waals surface area (Å²) in [7, 11) is 0. The highest BCUT2D eigenvalue weighted by molar-refractivity contribution is 5.92. The second-order valence-electron chi connectivity index (χ2n) is 6.02. The Morgan fingerprint density at radius 2 is 2.21 bits per heavy atom. The first-order chi connectivity index (χ1) is 11.5. The molecule has 3 N–H and O–H groups in total. The summed E-state index contributed by atoms with van der Waals surface area (Å²) in [6.07, 6.45) is 7.81. The van der Waals surface area contributed by atoms with Crippen molar-refractivity contribution in [3.8, 4) is 0 Å². The van der Waals surface area contributed by atoms with Crippen molar-refractivity contribution >= 4 is 17.6 Å². The van der Waals surface area contributed by atoms with Crippen LogP contribution in [0.4, 0.5) is 10.5 Å². The van der Waals surface area contributed by atoms with Gasteiger partial charge in [-0.05, 0) is 24.5 Å². The number of urea groups is 1. The lowest BCUT2D eigenvalue weighted by Gasteiger charge is -2.37. The molecule has 2 atom stereocenters. The quantitative estimate of drug-likeness (QED) is 0.890. The fourth-order valence-electron chi connectivity index (χ4n) is 2.90. The Balaban J connectivity index is 1.65. The van der Waals surface area contributed by atoms with Crippen LogP contribution < -0.4 is 11.1 Å². The van der Waals surface area contributed by atoms with Crippen LogP contribution in [0.2, 0.25) is 0 Å². The Kier molecular flexibility index (Phi) is 4.45. The molecule has 0 spiro atoms. The van der Waals surface area contributed by atoms with Gasteiger partial charge in [0.05, 0.1) is 24.3 Å². The van der Waals surface area contributed by atoms with Crippen molar-refractivity contribution in [2.24, 2.45) is 11.7 Å². The topological polar surface area (TPSA) is 106 Å². The van der Waals surface area contributed by atoms with Crippen molar-refractivity contribution in [3.63, 3.8) is 0 Å². The van der Waals surface area contributed by atoms with Gasteiger partial charge in [0, 0.05) is 25.5 Å². The van der Waals surface area contributed by atoms with Crippen molar-refractivity contribution in [1.29, 1.82) is 0 Å². The van der Waals surface area contributed by atoms with E-state index in [2.05, 4.69) is 22.2 Å². The van der Waals surface area contributed by atoms with Crippen molar-refractivity contribution in [3.05, 3.63) is 42.7 Å². The Morgan fingerprint density at radius 1 is 1.38 bits per heavy atom. The van der Waals surface area contributed by atoms with E-state index in [1.807, 2.05) is 10.8 Å². The molecular formula is C16H20N6O2. The van der Waals surface area contributed by atoms with Crippen molar-refractivity contribution < 1.29 is 9.59 Å². The van der Waals surface area contributed by atoms with Crippen LogP contribution in [0.1, 0.15) is 29.9 Å². The summed E-state index contributed by atoms with van der Waals surface area (Å²) in [5, 5.41) is 2.81. The SMILES string of the molecule is C[C@@H]1CCN(C(=O)Nc2ccc(C(N)=O)nc2)C[C@@H]1n1ccnc1. The number of pyridine rings is 1. The molecule has 0 aromatic carbocycles. The van der Waals surface area contributed by atoms with Gasteiger partial charge in [0.15, 0.2) is 0 Å². The van der Waals surface area contributed by atoms with Crippen LogP contribution in [0.3, 0.4) is 0 Å². The molecule has 0 aliphatic carbocycles. The predicted octanol–water partition coefficient (Wildman–Crippen LogP) is 1.49. The lowest BCUT2D eigenvalue weighted by molar-refractivity contribution is 0.0995. The van der Waals surface area contributed by atoms with E-state index in [0.29, 0.717) is 24.7 Å². The molecule has 0 saturated carbocycles. The zero-order valence-electron chi connectivity index (χ0n) is 13.4. The Morgan fingerprint density at radius 3 is 2.83 bits per heavy atom. The first kappa shape index (κ1) is 16.0. The van der Waals surface area contributed by atoms with E-state index in [9.17, 15) is 9.59 Å². The van der Waals surface area contributed by atoms with E-state index < -0.39 is 5.91 Å². The minimum Gasteiger partial charge on any atom is -0.364 e. The summed E-state index contributed by atoms with van der Waals surface area (Å²) >= 11 is 0. The van der Waals surface area contributed by atoms with E-state index >= 15 is 0 Å². The van der Waals surface area contributed by atoms with Gasteiger partial charge in [-0.15, -0.1) is 0 Å². The monoisotopic (exact) mass is 328 g/mol. The number of nitrogens with zero attached hydrogens (tertiary/aromatic N) is 4. The Bertz CT molecular complexity index is 713. The molecule has 0 unspecified atom stereocenters. The molecule has 3 rings (SSSR count). The molecule has 8 heteroatoms. The number of amides is 3. The number of nitrogens with one attached hydrogen (secondary N) is 1. The highest BCUT2D eigenvalue weighted by Crippen LogP contribution is 2.27. The number of imidazole rings is 1. The first-order valence-corrected chi connectivity index (χ1v) is 7.84. The standard InChI is InChI=1S/C16H20N6O2/c1-11-4-6-21(9-14(11)22-7-5-18-10-22)16(24)20-12-2-3-13(15(17)23)19-8-12/h2-3,5,7-8,10-11,14H,4,6,9H2,1H3,(H2,17,23)(H,20,24)/t11-,14+/m1/s1. The Hall–Kier alpha value is -2.90. The van der Waals surface area contributed by atoms with Gasteiger partial charge in [-0.1, -0.05) is 6.92 Å². The molecule has 1 aliphatic heterocycles. The summed E-state index contributed by atoms with van der Waals surface area (Å²) in [6.45, 7) is 3.51. The zero-order valence-corrected chi connectivity index (χ0v) is 13.4. The lowest BCUT2D eigenvalue weighted by Crippen LogP contribution is -2.45. The minimum absolute atomic E-state index is 0.167. The predicted molar refractivity (Wildman–Crippen MR) is 88.4 cm³/mol. The van der Waals surface area contributed by atoms with Crippen LogP contribution in [0, 0.1) is 5.92 Å². The summed E-state index contributed by atoms with van der Waals surface area (Å²) in [4.78, 5) is 33.3. The number of rotatable bonds is 3. The van der Waals surface area contributed by atoms with Crippen molar-refractivity contribution in [1.82, 2.24) is 19.4 Å². The summed E-state index contributed by atoms with van der Waals surface area (Å²) in [5.41, 5.74) is 5.85. The number of anilines is 1. The van der Waals surface area contributed by atoms with E-state index in [1.165, 1.54) is 12.3 Å². The number of primary amides is 1. The summed E-state index contributed by atoms with van der Waals surface area (Å²) in [5.74, 6) is -0.124. The largest absolute Gasteiger partial charge is 0.364 e. The fraction of sp³-hybridized carbons (Fsp3) is 0.375. The molecule has 8 nitrogen and oxygen atoms in total. The van der Waals surface area contributed by atoms with Crippen LogP contribution in [0.5, 0.6) is 0 Å². The average molecular weight is 328 g/mol. The van der Waals surface area contributed by atoms with Gasteiger partial charge in [-0.3, -0.25) is 4.79 Å². The molecule has 1 fully saturated rings. The second-order valence-corrected chi connectivity index (χ2v) is 6.02. The lowest BCUT2D eigenvalue weighted by atomic mass is 9.93. The van der Waals surface area contributed by atoms with Gasteiger partial charge in [0.1, 0.15) is 5.69 Å². The molecule has 0 bridgehead atoms. The summed E-state index contributed by atoms with van der Waals surface area (Å²) < 4.78 is 2.05. The molecule has 0 radical (unpaired) electrons. The smallest absolute Gasteiger partial charge is 0.321 e. The van der Waals surface area contributed by atoms with Crippen LogP contribution in [-0.2, 0) is 0 Å². The molecule has 2 aromatic rings. The third-order valence-corrected chi connectivity index (χ3v) is 4.38. The Labute approximate surface area is 139 Å². The van der Waals surface area contributed by atoms with E-state index in [0.717, 1.165) is 6.42 Å². The van der Waals surface area contributed by atoms with Crippen molar-refractivity contribution in [2.45, 2.75) is 19.4 Å². The number of piperidine rings is 1. The highest BCUT2D eigenvalue weighted by Gasteiger charge is 2.29. The minimum atomic E-state index is -0.596. The highest BCUT2D eigenvalue weighted by atomic mass is 16.2. The summed E-state index contributed by atoms with van der Waals surface area (Å²) in [6, 6.07) is 3.14. The molecule has 126 valence electrons. The number of hydrogen-bond acceptors (Lipinski definition) is 4. The number of nitrogens with two attached hydrogens (primary N) is 1. The molecular weight excluding hydrogens is 308 g/mol. The average Bonchev–Trinajstić information content (AvgIpc) is 3.10. The number of hydrogen-bond donors (Lipinski definition) is 2. The van der Waals surface area contributed by atoms with E-state index in [1.54, 1.807) is 23.5 Å². The third kappa shape index (κ3) is 3.37. The maximum atomic E-state index is 12.5. The third-order valence-electron chi connectivity index (χ3n) is 4.38. The number of aromatic nitrogens is 3. The number of carbonyl (C=O) groups excluding carboxylic acids is 2. The molecule has 3 amide bonds. The van der Waals surface area contributed by atoms with E-state index in [4.69, 9.17) is 5.73 Å². The number of carbonyl (C=O) groups is 2. The van der Waals surface area contributed by atoms with Gasteiger partial charge in [0.25, 0.3) is 5.91 Å². The van der Waals surface area contributed by atoms with Crippen LogP contribution in [-0.4, -0.2) is 44.5 Å². The fourth-order valence-corrected chi connectivity index (χ4v) is 2.90. The van der Waals surface area contributed by atoms with Gasteiger partial charge >= 0.3 is 6.03 Å². The van der Waals surface area contributed by atoms with Crippen LogP contribution in [0.15, 0.2) is 37.1 Å². The second kappa shape index (κ2) is 6.69. The van der Waals surface area contributed by atoms with Gasteiger partial charge in [0.2, 0.25) is 0 Å². The van der Waals surface area contributed by atoms with Gasteiger partial charge in [-0.2, -0.15) is 0 Å². The van der Waals surface area contributed by atoms with Gasteiger partial charge in [-0.25, -0.2) is 14.8 Å². The van der Waals surface area contributed by atoms with Crippen LogP contribution >= 0.6 is 0 Å². The molecule has 2 aromatic heterocycles. The maximum Gasteiger partial charge on any atom is 0.321 e. The molecule has 3 heterocycles.